The summed E-state index contributed by atoms with van der Waals surface area (Å²) in [4.78, 5) is 21.8. The maximum absolute atomic E-state index is 13.9. The summed E-state index contributed by atoms with van der Waals surface area (Å²) in [6, 6.07) is 2.42. The Morgan fingerprint density at radius 1 is 1.18 bits per heavy atom. The first kappa shape index (κ1) is 29.7. The summed E-state index contributed by atoms with van der Waals surface area (Å²) >= 11 is 0. The van der Waals surface area contributed by atoms with E-state index in [0.29, 0.717) is 17.7 Å². The largest absolute Gasteiger partial charge is 0.389 e. The van der Waals surface area contributed by atoms with Crippen LogP contribution in [-0.2, 0) is 6.42 Å². The number of nitrogens with one attached hydrogen (secondary N) is 2. The Morgan fingerprint density at radius 2 is 1.90 bits per heavy atom. The van der Waals surface area contributed by atoms with Gasteiger partial charge in [-0.15, -0.1) is 0 Å². The number of halogens is 5. The summed E-state index contributed by atoms with van der Waals surface area (Å²) in [6.45, 7) is 1.93. The van der Waals surface area contributed by atoms with Crippen LogP contribution < -0.4 is 10.6 Å². The van der Waals surface area contributed by atoms with Gasteiger partial charge in [-0.1, -0.05) is 6.92 Å². The molecule has 0 aliphatic heterocycles. The van der Waals surface area contributed by atoms with E-state index in [9.17, 15) is 37.0 Å². The molecule has 9 nitrogen and oxygen atoms in total. The lowest BCUT2D eigenvalue weighted by atomic mass is 9.81. The van der Waals surface area contributed by atoms with Crippen LogP contribution in [0.4, 0.5) is 22.0 Å². The Kier molecular flexibility index (Phi) is 9.00. The van der Waals surface area contributed by atoms with Crippen molar-refractivity contribution in [2.45, 2.75) is 82.5 Å². The van der Waals surface area contributed by atoms with Gasteiger partial charge in [-0.25, -0.2) is 18.3 Å². The number of fused-ring (bicyclic) bond motifs is 1. The Morgan fingerprint density at radius 3 is 2.58 bits per heavy atom. The van der Waals surface area contributed by atoms with Gasteiger partial charge in [-0.3, -0.25) is 15.1 Å². The third-order valence-electron chi connectivity index (χ3n) is 7.03. The van der Waals surface area contributed by atoms with Gasteiger partial charge in [0.15, 0.2) is 5.65 Å². The number of pyridine rings is 1. The molecule has 4 rings (SSSR count). The summed E-state index contributed by atoms with van der Waals surface area (Å²) in [5.74, 6) is -3.53. The summed E-state index contributed by atoms with van der Waals surface area (Å²) in [7, 11) is 0. The highest BCUT2D eigenvalue weighted by atomic mass is 19.4. The van der Waals surface area contributed by atoms with Crippen molar-refractivity contribution in [1.29, 1.82) is 0 Å². The Balaban J connectivity index is 1.56. The smallest absolute Gasteiger partial charge is 0.379 e. The second-order valence-corrected chi connectivity index (χ2v) is 10.1. The molecule has 1 fully saturated rings. The molecule has 1 aliphatic rings. The fraction of sp³-hybridized carbons (Fsp3) is 0.538. The number of hydrogen-bond donors (Lipinski definition) is 4. The van der Waals surface area contributed by atoms with E-state index in [2.05, 4.69) is 25.7 Å². The van der Waals surface area contributed by atoms with Gasteiger partial charge >= 0.3 is 6.18 Å². The van der Waals surface area contributed by atoms with E-state index in [1.165, 1.54) is 23.0 Å². The molecule has 0 aromatic carbocycles. The first-order valence-electron chi connectivity index (χ1n) is 13.0. The van der Waals surface area contributed by atoms with Gasteiger partial charge in [0.1, 0.15) is 12.5 Å². The second kappa shape index (κ2) is 12.1. The van der Waals surface area contributed by atoms with Crippen LogP contribution in [0, 0.1) is 5.92 Å². The molecule has 0 radical (unpaired) electrons. The summed E-state index contributed by atoms with van der Waals surface area (Å²) in [5, 5.41) is 29.6. The monoisotopic (exact) mass is 570 g/mol. The lowest BCUT2D eigenvalue weighted by Gasteiger charge is -2.33. The minimum absolute atomic E-state index is 0.135. The van der Waals surface area contributed by atoms with Crippen molar-refractivity contribution in [2.24, 2.45) is 5.92 Å². The topological polar surface area (TPSA) is 125 Å². The SMILES string of the molecule is CCc1cncc(C(=O)N[C@H](c2cn3ncc([C@@H](O)NC(O)CCC(F)(F)F)cc3n2)C2CCC(F)(F)CC2)c1. The number of aliphatic hydroxyl groups excluding tert-OH is 2. The van der Waals surface area contributed by atoms with Crippen LogP contribution in [0.25, 0.3) is 5.65 Å². The van der Waals surface area contributed by atoms with Crippen LogP contribution in [0.1, 0.15) is 84.9 Å². The van der Waals surface area contributed by atoms with Crippen molar-refractivity contribution in [2.75, 3.05) is 0 Å². The molecule has 4 N–H and O–H groups in total. The number of aromatic nitrogens is 4. The molecule has 3 aromatic heterocycles. The number of carbonyl (C=O) groups is 1. The van der Waals surface area contributed by atoms with Crippen LogP contribution in [0.3, 0.4) is 0 Å². The molecular formula is C26H31F5N6O3. The highest BCUT2D eigenvalue weighted by molar-refractivity contribution is 5.94. The van der Waals surface area contributed by atoms with E-state index in [4.69, 9.17) is 0 Å². The van der Waals surface area contributed by atoms with E-state index in [0.717, 1.165) is 5.56 Å². The predicted octanol–water partition coefficient (Wildman–Crippen LogP) is 4.22. The zero-order valence-corrected chi connectivity index (χ0v) is 21.7. The van der Waals surface area contributed by atoms with Crippen LogP contribution in [0.15, 0.2) is 36.9 Å². The number of amides is 1. The minimum Gasteiger partial charge on any atom is -0.379 e. The molecule has 14 heteroatoms. The molecule has 0 spiro atoms. The molecular weight excluding hydrogens is 539 g/mol. The molecule has 3 atom stereocenters. The molecule has 0 saturated heterocycles. The van der Waals surface area contributed by atoms with Crippen molar-refractivity contribution in [1.82, 2.24) is 30.2 Å². The van der Waals surface area contributed by atoms with Crippen LogP contribution in [-0.4, -0.2) is 54.0 Å². The van der Waals surface area contributed by atoms with Crippen molar-refractivity contribution in [3.63, 3.8) is 0 Å². The Bertz CT molecular complexity index is 1310. The van der Waals surface area contributed by atoms with Crippen LogP contribution in [0.2, 0.25) is 0 Å². The molecule has 3 aromatic rings. The standard InChI is InChI=1S/C26H31F5N6O3/c1-2-15-9-17(12-32-11-15)24(40)36-22(16-3-6-25(27,28)7-4-16)19-14-37-20(34-19)10-18(13-33-37)23(39)35-21(38)5-8-26(29,30)31/h9-14,16,21-23,35,38-39H,2-8H2,1H3,(H,36,40)/t21?,22-,23+/m0/s1. The molecule has 1 unspecified atom stereocenters. The van der Waals surface area contributed by atoms with Crippen molar-refractivity contribution in [3.05, 3.63) is 59.3 Å². The third kappa shape index (κ3) is 7.70. The number of carbonyl (C=O) groups excluding carboxylic acids is 1. The van der Waals surface area contributed by atoms with Gasteiger partial charge in [-0.2, -0.15) is 18.3 Å². The van der Waals surface area contributed by atoms with Gasteiger partial charge in [0.05, 0.1) is 29.7 Å². The Hall–Kier alpha value is -3.23. The molecule has 1 saturated carbocycles. The summed E-state index contributed by atoms with van der Waals surface area (Å²) < 4.78 is 66.4. The summed E-state index contributed by atoms with van der Waals surface area (Å²) in [5.41, 5.74) is 1.94. The number of alkyl halides is 5. The predicted molar refractivity (Wildman–Crippen MR) is 133 cm³/mol. The molecule has 1 aliphatic carbocycles. The average molecular weight is 571 g/mol. The Labute approximate surface area is 226 Å². The van der Waals surface area contributed by atoms with Crippen molar-refractivity contribution < 1.29 is 37.0 Å². The van der Waals surface area contributed by atoms with Crippen molar-refractivity contribution >= 4 is 11.6 Å². The lowest BCUT2D eigenvalue weighted by Crippen LogP contribution is -2.37. The maximum Gasteiger partial charge on any atom is 0.389 e. The van der Waals surface area contributed by atoms with Gasteiger partial charge in [0, 0.05) is 37.2 Å². The highest BCUT2D eigenvalue weighted by Crippen LogP contribution is 2.41. The van der Waals surface area contributed by atoms with E-state index in [1.54, 1.807) is 18.5 Å². The van der Waals surface area contributed by atoms with E-state index in [-0.39, 0.29) is 42.8 Å². The van der Waals surface area contributed by atoms with Crippen LogP contribution in [0.5, 0.6) is 0 Å². The lowest BCUT2D eigenvalue weighted by molar-refractivity contribution is -0.142. The number of hydrogen-bond acceptors (Lipinski definition) is 7. The van der Waals surface area contributed by atoms with Gasteiger partial charge in [0.25, 0.3) is 5.91 Å². The van der Waals surface area contributed by atoms with Gasteiger partial charge in [0.2, 0.25) is 5.92 Å². The molecule has 218 valence electrons. The fourth-order valence-corrected chi connectivity index (χ4v) is 4.73. The third-order valence-corrected chi connectivity index (χ3v) is 7.03. The average Bonchev–Trinajstić information content (AvgIpc) is 3.33. The van der Waals surface area contributed by atoms with Crippen LogP contribution >= 0.6 is 0 Å². The normalized spacial score (nSPS) is 18.4. The van der Waals surface area contributed by atoms with E-state index < -0.39 is 49.3 Å². The van der Waals surface area contributed by atoms with E-state index >= 15 is 0 Å². The number of aryl methyl sites for hydroxylation is 1. The van der Waals surface area contributed by atoms with Crippen molar-refractivity contribution in [3.8, 4) is 0 Å². The molecule has 1 amide bonds. The summed E-state index contributed by atoms with van der Waals surface area (Å²) in [6.07, 6.45) is -3.23. The van der Waals surface area contributed by atoms with E-state index in [1.807, 2.05) is 6.92 Å². The fourth-order valence-electron chi connectivity index (χ4n) is 4.73. The minimum atomic E-state index is -4.45. The quantitative estimate of drug-likeness (QED) is 0.213. The molecule has 0 bridgehead atoms. The second-order valence-electron chi connectivity index (χ2n) is 10.1. The number of aliphatic hydroxyl groups is 2. The first-order valence-corrected chi connectivity index (χ1v) is 13.0. The number of rotatable bonds is 10. The zero-order valence-electron chi connectivity index (χ0n) is 21.7. The van der Waals surface area contributed by atoms with Gasteiger partial charge in [-0.05, 0) is 49.3 Å². The molecule has 40 heavy (non-hydrogen) atoms. The number of nitrogens with zero attached hydrogens (tertiary/aromatic N) is 4. The first-order chi connectivity index (χ1) is 18.8. The highest BCUT2D eigenvalue weighted by Gasteiger charge is 2.39. The maximum atomic E-state index is 13.9. The number of imidazole rings is 1. The molecule has 3 heterocycles. The zero-order chi connectivity index (χ0) is 29.1. The van der Waals surface area contributed by atoms with Gasteiger partial charge < -0.3 is 15.5 Å².